The minimum absolute atomic E-state index is 0.0837. The van der Waals surface area contributed by atoms with Gasteiger partial charge in [0.25, 0.3) is 5.91 Å². The topological polar surface area (TPSA) is 132 Å². The van der Waals surface area contributed by atoms with E-state index in [0.29, 0.717) is 5.56 Å². The molecule has 0 fully saturated rings. The zero-order chi connectivity index (χ0) is 21.9. The van der Waals surface area contributed by atoms with E-state index < -0.39 is 21.9 Å². The van der Waals surface area contributed by atoms with Gasteiger partial charge in [-0.05, 0) is 36.4 Å². The molecule has 1 heterocycles. The number of carbonyl (C=O) groups is 2. The van der Waals surface area contributed by atoms with Crippen molar-refractivity contribution in [3.05, 3.63) is 59.7 Å². The molecule has 3 aromatic rings. The molecule has 10 nitrogen and oxygen atoms in total. The minimum Gasteiger partial charge on any atom is -0.465 e. The van der Waals surface area contributed by atoms with Gasteiger partial charge in [-0.15, -0.1) is 5.10 Å². The molecule has 0 saturated carbocycles. The Morgan fingerprint density at radius 2 is 1.63 bits per heavy atom. The van der Waals surface area contributed by atoms with Crippen molar-refractivity contribution < 1.29 is 27.2 Å². The number of nitrogens with one attached hydrogen (secondary N) is 1. The standard InChI is InChI=1S/C19H18N4O6S/c1-23(2)30(26,27)13-10-8-12(9-11-13)17-21-22-19(29-17)20-16(24)14-6-4-5-7-15(14)18(25)28-3/h4-11H,1-3H3,(H,20,22,24). The van der Waals surface area contributed by atoms with Gasteiger partial charge < -0.3 is 9.15 Å². The average molecular weight is 430 g/mol. The smallest absolute Gasteiger partial charge is 0.338 e. The van der Waals surface area contributed by atoms with Gasteiger partial charge in [0.05, 0.1) is 23.1 Å². The van der Waals surface area contributed by atoms with Crippen LogP contribution in [0, 0.1) is 0 Å². The fourth-order valence-corrected chi connectivity index (χ4v) is 3.41. The summed E-state index contributed by atoms with van der Waals surface area (Å²) in [7, 11) is 0.538. The van der Waals surface area contributed by atoms with Crippen molar-refractivity contribution in [2.75, 3.05) is 26.5 Å². The van der Waals surface area contributed by atoms with Gasteiger partial charge >= 0.3 is 12.0 Å². The van der Waals surface area contributed by atoms with Crippen LogP contribution < -0.4 is 5.32 Å². The summed E-state index contributed by atoms with van der Waals surface area (Å²) in [6.07, 6.45) is 0. The highest BCUT2D eigenvalue weighted by Gasteiger charge is 2.20. The Balaban J connectivity index is 1.79. The molecule has 0 saturated heterocycles. The van der Waals surface area contributed by atoms with E-state index in [-0.39, 0.29) is 27.9 Å². The van der Waals surface area contributed by atoms with Crippen molar-refractivity contribution in [2.45, 2.75) is 4.90 Å². The molecule has 3 rings (SSSR count). The molecule has 11 heteroatoms. The lowest BCUT2D eigenvalue weighted by Crippen LogP contribution is -2.22. The van der Waals surface area contributed by atoms with E-state index in [0.717, 1.165) is 4.31 Å². The molecule has 0 spiro atoms. The van der Waals surface area contributed by atoms with Crippen LogP contribution in [-0.4, -0.2) is 56.0 Å². The fourth-order valence-electron chi connectivity index (χ4n) is 2.50. The van der Waals surface area contributed by atoms with Crippen molar-refractivity contribution >= 4 is 27.9 Å². The molecule has 1 N–H and O–H groups in total. The van der Waals surface area contributed by atoms with E-state index in [2.05, 4.69) is 20.3 Å². The summed E-state index contributed by atoms with van der Waals surface area (Å²) in [5, 5.41) is 10.0. The number of hydrogen-bond acceptors (Lipinski definition) is 8. The molecule has 2 aromatic carbocycles. The van der Waals surface area contributed by atoms with Crippen molar-refractivity contribution in [3.63, 3.8) is 0 Å². The Labute approximate surface area is 172 Å². The zero-order valence-corrected chi connectivity index (χ0v) is 17.1. The first-order valence-corrected chi connectivity index (χ1v) is 10.0. The third-order valence-electron chi connectivity index (χ3n) is 4.10. The molecule has 0 aliphatic heterocycles. The Morgan fingerprint density at radius 1 is 1.00 bits per heavy atom. The predicted octanol–water partition coefficient (Wildman–Crippen LogP) is 2.03. The summed E-state index contributed by atoms with van der Waals surface area (Å²) < 4.78 is 35.5. The second-order valence-electron chi connectivity index (χ2n) is 6.22. The van der Waals surface area contributed by atoms with E-state index in [1.54, 1.807) is 12.1 Å². The van der Waals surface area contributed by atoms with E-state index >= 15 is 0 Å². The summed E-state index contributed by atoms with van der Waals surface area (Å²) >= 11 is 0. The van der Waals surface area contributed by atoms with Crippen molar-refractivity contribution in [1.29, 1.82) is 0 Å². The average Bonchev–Trinajstić information content (AvgIpc) is 3.21. The fraction of sp³-hybridized carbons (Fsp3) is 0.158. The number of nitrogens with zero attached hydrogens (tertiary/aromatic N) is 3. The quantitative estimate of drug-likeness (QED) is 0.588. The first-order valence-electron chi connectivity index (χ1n) is 8.59. The summed E-state index contributed by atoms with van der Waals surface area (Å²) in [4.78, 5) is 24.4. The molecular weight excluding hydrogens is 412 g/mol. The highest BCUT2D eigenvalue weighted by Crippen LogP contribution is 2.23. The van der Waals surface area contributed by atoms with Crippen molar-refractivity contribution in [1.82, 2.24) is 14.5 Å². The number of esters is 1. The lowest BCUT2D eigenvalue weighted by atomic mass is 10.1. The summed E-state index contributed by atoms with van der Waals surface area (Å²) in [5.74, 6) is -1.20. The molecule has 1 amide bonds. The van der Waals surface area contributed by atoms with E-state index in [1.165, 1.54) is 57.6 Å². The number of benzene rings is 2. The van der Waals surface area contributed by atoms with Gasteiger partial charge in [0.15, 0.2) is 0 Å². The number of carbonyl (C=O) groups excluding carboxylic acids is 2. The number of ether oxygens (including phenoxy) is 1. The van der Waals surface area contributed by atoms with Crippen LogP contribution in [0.5, 0.6) is 0 Å². The number of hydrogen-bond donors (Lipinski definition) is 1. The number of anilines is 1. The lowest BCUT2D eigenvalue weighted by molar-refractivity contribution is 0.0597. The molecule has 0 atom stereocenters. The maximum Gasteiger partial charge on any atom is 0.338 e. The van der Waals surface area contributed by atoms with Gasteiger partial charge in [-0.3, -0.25) is 10.1 Å². The molecule has 156 valence electrons. The molecule has 0 aliphatic rings. The Bertz CT molecular complexity index is 1190. The van der Waals surface area contributed by atoms with Crippen LogP contribution in [0.25, 0.3) is 11.5 Å². The summed E-state index contributed by atoms with van der Waals surface area (Å²) in [5.41, 5.74) is 0.646. The number of sulfonamides is 1. The molecule has 0 unspecified atom stereocenters. The van der Waals surface area contributed by atoms with Crippen LogP contribution in [0.2, 0.25) is 0 Å². The van der Waals surface area contributed by atoms with E-state index in [4.69, 9.17) is 4.42 Å². The first-order chi connectivity index (χ1) is 14.2. The highest BCUT2D eigenvalue weighted by atomic mass is 32.2. The zero-order valence-electron chi connectivity index (χ0n) is 16.3. The lowest BCUT2D eigenvalue weighted by Gasteiger charge is -2.11. The van der Waals surface area contributed by atoms with Crippen LogP contribution in [0.3, 0.4) is 0 Å². The van der Waals surface area contributed by atoms with Gasteiger partial charge in [-0.2, -0.15) is 0 Å². The molecule has 0 bridgehead atoms. The Kier molecular flexibility index (Phi) is 5.94. The van der Waals surface area contributed by atoms with Crippen molar-refractivity contribution in [2.24, 2.45) is 0 Å². The molecule has 1 aromatic heterocycles. The third-order valence-corrected chi connectivity index (χ3v) is 5.93. The maximum atomic E-state index is 12.5. The van der Waals surface area contributed by atoms with Gasteiger partial charge in [0.2, 0.25) is 15.9 Å². The van der Waals surface area contributed by atoms with E-state index in [1.807, 2.05) is 0 Å². The number of methoxy groups -OCH3 is 1. The third kappa shape index (κ3) is 4.21. The van der Waals surface area contributed by atoms with Crippen LogP contribution in [0.4, 0.5) is 6.01 Å². The second-order valence-corrected chi connectivity index (χ2v) is 8.37. The van der Waals surface area contributed by atoms with Gasteiger partial charge in [-0.25, -0.2) is 17.5 Å². The molecule has 0 aliphatic carbocycles. The van der Waals surface area contributed by atoms with Crippen LogP contribution in [0.15, 0.2) is 57.8 Å². The van der Waals surface area contributed by atoms with Gasteiger partial charge in [-0.1, -0.05) is 17.2 Å². The second kappa shape index (κ2) is 8.43. The van der Waals surface area contributed by atoms with E-state index in [9.17, 15) is 18.0 Å². The molecule has 30 heavy (non-hydrogen) atoms. The van der Waals surface area contributed by atoms with Crippen LogP contribution in [-0.2, 0) is 14.8 Å². The molecular formula is C19H18N4O6S. The molecule has 0 radical (unpaired) electrons. The SMILES string of the molecule is COC(=O)c1ccccc1C(=O)Nc1nnc(-c2ccc(S(=O)(=O)N(C)C)cc2)o1. The maximum absolute atomic E-state index is 12.5. The van der Waals surface area contributed by atoms with Crippen molar-refractivity contribution in [3.8, 4) is 11.5 Å². The van der Waals surface area contributed by atoms with Crippen LogP contribution in [0.1, 0.15) is 20.7 Å². The Hall–Kier alpha value is -3.57. The minimum atomic E-state index is -3.56. The summed E-state index contributed by atoms with van der Waals surface area (Å²) in [6.45, 7) is 0. The Morgan fingerprint density at radius 3 is 2.23 bits per heavy atom. The highest BCUT2D eigenvalue weighted by molar-refractivity contribution is 7.89. The summed E-state index contributed by atoms with van der Waals surface area (Å²) in [6, 6.07) is 11.8. The van der Waals surface area contributed by atoms with Gasteiger partial charge in [0.1, 0.15) is 0 Å². The number of aromatic nitrogens is 2. The van der Waals surface area contributed by atoms with Gasteiger partial charge in [0, 0.05) is 19.7 Å². The van der Waals surface area contributed by atoms with Crippen LogP contribution >= 0.6 is 0 Å². The monoisotopic (exact) mass is 430 g/mol. The normalized spacial score (nSPS) is 11.3. The predicted molar refractivity (Wildman–Crippen MR) is 106 cm³/mol. The first kappa shape index (κ1) is 21.1. The largest absolute Gasteiger partial charge is 0.465 e. The number of rotatable bonds is 6. The number of amides is 1.